The van der Waals surface area contributed by atoms with Crippen LogP contribution in [0.1, 0.15) is 11.1 Å². The van der Waals surface area contributed by atoms with Crippen molar-refractivity contribution >= 4 is 9.84 Å². The number of likely N-dealkylation sites (N-methyl/N-ethyl adjacent to an activating group) is 1. The van der Waals surface area contributed by atoms with Crippen LogP contribution in [0.25, 0.3) is 0 Å². The molecule has 22 heavy (non-hydrogen) atoms. The zero-order chi connectivity index (χ0) is 16.3. The van der Waals surface area contributed by atoms with Gasteiger partial charge in [0.1, 0.15) is 6.07 Å². The van der Waals surface area contributed by atoms with E-state index in [0.29, 0.717) is 0 Å². The second-order valence-corrected chi connectivity index (χ2v) is 7.61. The van der Waals surface area contributed by atoms with Crippen LogP contribution in [0.2, 0.25) is 0 Å². The zero-order valence-electron chi connectivity index (χ0n) is 13.2. The molecular formula is C16H21N3O2S. The third kappa shape index (κ3) is 3.49. The average Bonchev–Trinajstić information content (AvgIpc) is 2.49. The molecule has 1 aromatic rings. The van der Waals surface area contributed by atoms with Gasteiger partial charge in [0.2, 0.25) is 9.84 Å². The molecule has 6 heteroatoms. The van der Waals surface area contributed by atoms with Gasteiger partial charge in [-0.25, -0.2) is 8.42 Å². The first kappa shape index (κ1) is 16.5. The molecule has 1 saturated heterocycles. The van der Waals surface area contributed by atoms with Crippen LogP contribution < -0.4 is 0 Å². The molecule has 1 aromatic carbocycles. The molecule has 5 nitrogen and oxygen atoms in total. The number of benzene rings is 1. The lowest BCUT2D eigenvalue weighted by atomic mass is 10.1. The van der Waals surface area contributed by atoms with Gasteiger partial charge < -0.3 is 9.80 Å². The van der Waals surface area contributed by atoms with Crippen molar-refractivity contribution in [3.05, 3.63) is 40.4 Å². The molecule has 0 spiro atoms. The predicted molar refractivity (Wildman–Crippen MR) is 85.9 cm³/mol. The largest absolute Gasteiger partial charge is 0.373 e. The third-order valence-electron chi connectivity index (χ3n) is 4.03. The number of piperazine rings is 1. The number of allylic oxidation sites excluding steroid dienone is 1. The van der Waals surface area contributed by atoms with Crippen LogP contribution >= 0.6 is 0 Å². The number of rotatable bonds is 3. The van der Waals surface area contributed by atoms with Crippen molar-refractivity contribution in [2.75, 3.05) is 33.2 Å². The van der Waals surface area contributed by atoms with E-state index in [2.05, 4.69) is 4.90 Å². The highest BCUT2D eigenvalue weighted by Crippen LogP contribution is 2.22. The van der Waals surface area contributed by atoms with Crippen LogP contribution in [0, 0.1) is 25.2 Å². The maximum Gasteiger partial charge on any atom is 0.218 e. The topological polar surface area (TPSA) is 64.4 Å². The average molecular weight is 319 g/mol. The van der Waals surface area contributed by atoms with E-state index >= 15 is 0 Å². The summed E-state index contributed by atoms with van der Waals surface area (Å²) in [6.45, 7) is 6.97. The van der Waals surface area contributed by atoms with Crippen molar-refractivity contribution in [2.24, 2.45) is 0 Å². The molecule has 0 N–H and O–H groups in total. The number of hydrogen-bond donors (Lipinski definition) is 0. The summed E-state index contributed by atoms with van der Waals surface area (Å²) in [4.78, 5) is 4.06. The first-order valence-electron chi connectivity index (χ1n) is 7.21. The first-order chi connectivity index (χ1) is 10.3. The molecule has 118 valence electrons. The van der Waals surface area contributed by atoms with Gasteiger partial charge in [-0.3, -0.25) is 0 Å². The lowest BCUT2D eigenvalue weighted by Crippen LogP contribution is -2.42. The zero-order valence-corrected chi connectivity index (χ0v) is 14.0. The Labute approximate surface area is 132 Å². The molecule has 0 bridgehead atoms. The second-order valence-electron chi connectivity index (χ2n) is 5.69. The monoisotopic (exact) mass is 319 g/mol. The van der Waals surface area contributed by atoms with E-state index in [1.165, 1.54) is 6.20 Å². The van der Waals surface area contributed by atoms with Gasteiger partial charge in [0.25, 0.3) is 0 Å². The molecule has 1 aliphatic rings. The normalized spacial score (nSPS) is 17.4. The number of hydrogen-bond acceptors (Lipinski definition) is 5. The molecule has 1 heterocycles. The molecule has 1 aliphatic heterocycles. The van der Waals surface area contributed by atoms with Crippen molar-refractivity contribution < 1.29 is 8.42 Å². The molecule has 0 amide bonds. The summed E-state index contributed by atoms with van der Waals surface area (Å²) >= 11 is 0. The van der Waals surface area contributed by atoms with Gasteiger partial charge in [0.05, 0.1) is 4.90 Å². The predicted octanol–water partition coefficient (Wildman–Crippen LogP) is 1.69. The SMILES string of the molecule is Cc1ccc(S(=O)(=O)/C(C#N)=C/N2CCN(C)CC2)cc1C. The molecule has 0 radical (unpaired) electrons. The number of nitriles is 1. The summed E-state index contributed by atoms with van der Waals surface area (Å²) in [5, 5.41) is 9.29. The van der Waals surface area contributed by atoms with E-state index in [0.717, 1.165) is 37.3 Å². The Hall–Kier alpha value is -1.84. The van der Waals surface area contributed by atoms with E-state index in [9.17, 15) is 13.7 Å². The Balaban J connectivity index is 2.33. The van der Waals surface area contributed by atoms with E-state index in [-0.39, 0.29) is 9.80 Å². The fourth-order valence-electron chi connectivity index (χ4n) is 2.28. The van der Waals surface area contributed by atoms with Crippen LogP contribution in [0.15, 0.2) is 34.2 Å². The quantitative estimate of drug-likeness (QED) is 0.793. The van der Waals surface area contributed by atoms with Crippen LogP contribution in [-0.2, 0) is 9.84 Å². The fraction of sp³-hybridized carbons (Fsp3) is 0.438. The van der Waals surface area contributed by atoms with E-state index < -0.39 is 9.84 Å². The Kier molecular flexibility index (Phi) is 4.89. The molecular weight excluding hydrogens is 298 g/mol. The smallest absolute Gasteiger partial charge is 0.218 e. The minimum Gasteiger partial charge on any atom is -0.373 e. The third-order valence-corrected chi connectivity index (χ3v) is 5.68. The molecule has 0 unspecified atom stereocenters. The van der Waals surface area contributed by atoms with E-state index in [1.807, 2.05) is 31.9 Å². The summed E-state index contributed by atoms with van der Waals surface area (Å²) in [5.41, 5.74) is 1.93. The minimum absolute atomic E-state index is 0.178. The summed E-state index contributed by atoms with van der Waals surface area (Å²) in [7, 11) is -1.73. The standard InChI is InChI=1S/C16H21N3O2S/c1-13-4-5-15(10-14(13)2)22(20,21)16(11-17)12-19-8-6-18(3)7-9-19/h4-5,10,12H,6-9H2,1-3H3/b16-12+. The number of nitrogens with zero attached hydrogens (tertiary/aromatic N) is 3. The first-order valence-corrected chi connectivity index (χ1v) is 8.70. The molecule has 0 saturated carbocycles. The van der Waals surface area contributed by atoms with Crippen LogP contribution in [0.4, 0.5) is 0 Å². The Morgan fingerprint density at radius 2 is 1.82 bits per heavy atom. The number of aryl methyl sites for hydroxylation is 2. The lowest BCUT2D eigenvalue weighted by Gasteiger charge is -2.31. The van der Waals surface area contributed by atoms with Gasteiger partial charge in [-0.05, 0) is 44.2 Å². The van der Waals surface area contributed by atoms with E-state index in [1.54, 1.807) is 18.2 Å². The van der Waals surface area contributed by atoms with Crippen LogP contribution in [0.3, 0.4) is 0 Å². The minimum atomic E-state index is -3.76. The van der Waals surface area contributed by atoms with Crippen molar-refractivity contribution in [3.63, 3.8) is 0 Å². The maximum atomic E-state index is 12.6. The maximum absolute atomic E-state index is 12.6. The Morgan fingerprint density at radius 3 is 2.36 bits per heavy atom. The highest BCUT2D eigenvalue weighted by atomic mass is 32.2. The van der Waals surface area contributed by atoms with Gasteiger partial charge in [-0.2, -0.15) is 5.26 Å². The highest BCUT2D eigenvalue weighted by molar-refractivity contribution is 7.95. The van der Waals surface area contributed by atoms with Crippen molar-refractivity contribution in [1.82, 2.24) is 9.80 Å². The number of sulfone groups is 1. The van der Waals surface area contributed by atoms with Crippen LogP contribution in [0.5, 0.6) is 0 Å². The lowest BCUT2D eigenvalue weighted by molar-refractivity contribution is 0.198. The molecule has 0 aromatic heterocycles. The summed E-state index contributed by atoms with van der Waals surface area (Å²) < 4.78 is 25.3. The Bertz CT molecular complexity index is 724. The van der Waals surface area contributed by atoms with Gasteiger partial charge in [-0.15, -0.1) is 0 Å². The summed E-state index contributed by atoms with van der Waals surface area (Å²) in [6, 6.07) is 6.81. The van der Waals surface area contributed by atoms with Gasteiger partial charge in [0.15, 0.2) is 4.91 Å². The fourth-order valence-corrected chi connectivity index (χ4v) is 3.52. The van der Waals surface area contributed by atoms with Crippen LogP contribution in [-0.4, -0.2) is 51.4 Å². The molecule has 2 rings (SSSR count). The van der Waals surface area contributed by atoms with Gasteiger partial charge >= 0.3 is 0 Å². The summed E-state index contributed by atoms with van der Waals surface area (Å²) in [6.07, 6.45) is 1.48. The van der Waals surface area contributed by atoms with Crippen molar-refractivity contribution in [2.45, 2.75) is 18.7 Å². The van der Waals surface area contributed by atoms with E-state index in [4.69, 9.17) is 0 Å². The van der Waals surface area contributed by atoms with Crippen molar-refractivity contribution in [1.29, 1.82) is 5.26 Å². The highest BCUT2D eigenvalue weighted by Gasteiger charge is 2.23. The summed E-state index contributed by atoms with van der Waals surface area (Å²) in [5.74, 6) is 0. The second kappa shape index (κ2) is 6.51. The van der Waals surface area contributed by atoms with Gasteiger partial charge in [0, 0.05) is 32.4 Å². The Morgan fingerprint density at radius 1 is 1.18 bits per heavy atom. The molecule has 1 fully saturated rings. The van der Waals surface area contributed by atoms with Crippen molar-refractivity contribution in [3.8, 4) is 6.07 Å². The molecule has 0 aliphatic carbocycles. The molecule has 0 atom stereocenters. The van der Waals surface area contributed by atoms with Gasteiger partial charge in [-0.1, -0.05) is 6.07 Å².